The summed E-state index contributed by atoms with van der Waals surface area (Å²) in [5.41, 5.74) is 8.06. The van der Waals surface area contributed by atoms with Gasteiger partial charge in [0.2, 0.25) is 0 Å². The predicted octanol–water partition coefficient (Wildman–Crippen LogP) is 2.32. The summed E-state index contributed by atoms with van der Waals surface area (Å²) in [6.45, 7) is 6.96. The molecule has 1 aliphatic heterocycles. The van der Waals surface area contributed by atoms with Crippen LogP contribution >= 0.6 is 0 Å². The van der Waals surface area contributed by atoms with Crippen molar-refractivity contribution >= 4 is 0 Å². The lowest BCUT2D eigenvalue weighted by Crippen LogP contribution is -2.33. The highest BCUT2D eigenvalue weighted by molar-refractivity contribution is 5.34. The first-order chi connectivity index (χ1) is 8.79. The van der Waals surface area contributed by atoms with E-state index in [9.17, 15) is 0 Å². The molecule has 1 heterocycles. The number of hydrogen-bond acceptors (Lipinski definition) is 3. The van der Waals surface area contributed by atoms with Crippen LogP contribution in [0.4, 0.5) is 0 Å². The number of nitrogens with zero attached hydrogens (tertiary/aromatic N) is 1. The fourth-order valence-corrected chi connectivity index (χ4v) is 2.46. The Hall–Kier alpha value is -1.06. The molecular weight excluding hydrogens is 224 g/mol. The molecule has 0 unspecified atom stereocenters. The van der Waals surface area contributed by atoms with Gasteiger partial charge in [-0.2, -0.15) is 0 Å². The van der Waals surface area contributed by atoms with Gasteiger partial charge in [-0.25, -0.2) is 0 Å². The molecule has 0 saturated carbocycles. The molecule has 1 aliphatic rings. The van der Waals surface area contributed by atoms with Crippen LogP contribution in [0.3, 0.4) is 0 Å². The van der Waals surface area contributed by atoms with Crippen molar-refractivity contribution in [2.45, 2.75) is 32.7 Å². The third-order valence-corrected chi connectivity index (χ3v) is 3.66. The van der Waals surface area contributed by atoms with Crippen molar-refractivity contribution in [1.29, 1.82) is 0 Å². The first-order valence-corrected chi connectivity index (χ1v) is 6.94. The van der Waals surface area contributed by atoms with Crippen molar-refractivity contribution < 1.29 is 4.74 Å². The summed E-state index contributed by atoms with van der Waals surface area (Å²) in [7, 11) is 0. The zero-order valence-corrected chi connectivity index (χ0v) is 11.3. The molecule has 1 aromatic rings. The quantitative estimate of drug-likeness (QED) is 0.869. The zero-order valence-electron chi connectivity index (χ0n) is 11.3. The van der Waals surface area contributed by atoms with Gasteiger partial charge in [-0.1, -0.05) is 12.5 Å². The standard InChI is InChI=1S/C15H24N2O/c1-13-11-15(6-5-14(13)12-16)18-10-9-17-7-3-2-4-8-17/h5-6,11H,2-4,7-10,12,16H2,1H3. The number of benzene rings is 1. The monoisotopic (exact) mass is 248 g/mol. The molecular formula is C15H24N2O. The van der Waals surface area contributed by atoms with E-state index in [0.717, 1.165) is 18.9 Å². The van der Waals surface area contributed by atoms with E-state index in [0.29, 0.717) is 6.54 Å². The smallest absolute Gasteiger partial charge is 0.119 e. The first kappa shape index (κ1) is 13.4. The molecule has 2 rings (SSSR count). The minimum absolute atomic E-state index is 0.597. The molecule has 1 aromatic carbocycles. The molecule has 3 nitrogen and oxygen atoms in total. The van der Waals surface area contributed by atoms with Crippen LogP contribution in [0.5, 0.6) is 5.75 Å². The van der Waals surface area contributed by atoms with Gasteiger partial charge in [-0.3, -0.25) is 4.90 Å². The number of rotatable bonds is 5. The van der Waals surface area contributed by atoms with Crippen LogP contribution < -0.4 is 10.5 Å². The van der Waals surface area contributed by atoms with Crippen molar-refractivity contribution in [3.05, 3.63) is 29.3 Å². The van der Waals surface area contributed by atoms with Gasteiger partial charge in [0.15, 0.2) is 0 Å². The van der Waals surface area contributed by atoms with Crippen molar-refractivity contribution in [3.8, 4) is 5.75 Å². The van der Waals surface area contributed by atoms with Gasteiger partial charge in [0.25, 0.3) is 0 Å². The largest absolute Gasteiger partial charge is 0.492 e. The Morgan fingerprint density at radius 1 is 1.22 bits per heavy atom. The first-order valence-electron chi connectivity index (χ1n) is 6.94. The molecule has 0 radical (unpaired) electrons. The molecule has 0 aliphatic carbocycles. The second-order valence-electron chi connectivity index (χ2n) is 5.04. The van der Waals surface area contributed by atoms with Crippen LogP contribution in [0.15, 0.2) is 18.2 Å². The summed E-state index contributed by atoms with van der Waals surface area (Å²) in [5, 5.41) is 0. The maximum absolute atomic E-state index is 5.81. The Morgan fingerprint density at radius 3 is 2.67 bits per heavy atom. The maximum atomic E-state index is 5.81. The summed E-state index contributed by atoms with van der Waals surface area (Å²) in [4.78, 5) is 2.49. The van der Waals surface area contributed by atoms with E-state index in [1.807, 2.05) is 6.07 Å². The predicted molar refractivity (Wildman–Crippen MR) is 74.9 cm³/mol. The molecule has 0 bridgehead atoms. The van der Waals surface area contributed by atoms with Crippen LogP contribution in [-0.4, -0.2) is 31.1 Å². The number of nitrogens with two attached hydrogens (primary N) is 1. The number of aryl methyl sites for hydroxylation is 1. The lowest BCUT2D eigenvalue weighted by molar-refractivity contribution is 0.183. The molecule has 0 aromatic heterocycles. The van der Waals surface area contributed by atoms with Crippen LogP contribution in [0.2, 0.25) is 0 Å². The van der Waals surface area contributed by atoms with Gasteiger partial charge in [-0.05, 0) is 56.1 Å². The van der Waals surface area contributed by atoms with Gasteiger partial charge in [0, 0.05) is 13.1 Å². The lowest BCUT2D eigenvalue weighted by atomic mass is 10.1. The van der Waals surface area contributed by atoms with Gasteiger partial charge >= 0.3 is 0 Å². The minimum Gasteiger partial charge on any atom is -0.492 e. The van der Waals surface area contributed by atoms with E-state index in [1.54, 1.807) is 0 Å². The van der Waals surface area contributed by atoms with Crippen LogP contribution in [-0.2, 0) is 6.54 Å². The molecule has 0 atom stereocenters. The average molecular weight is 248 g/mol. The Balaban J connectivity index is 1.77. The highest BCUT2D eigenvalue weighted by Crippen LogP contribution is 2.17. The van der Waals surface area contributed by atoms with E-state index >= 15 is 0 Å². The topological polar surface area (TPSA) is 38.5 Å². The molecule has 1 saturated heterocycles. The van der Waals surface area contributed by atoms with E-state index in [-0.39, 0.29) is 0 Å². The third kappa shape index (κ3) is 3.72. The highest BCUT2D eigenvalue weighted by Gasteiger charge is 2.09. The number of hydrogen-bond donors (Lipinski definition) is 1. The van der Waals surface area contributed by atoms with Crippen molar-refractivity contribution in [1.82, 2.24) is 4.90 Å². The van der Waals surface area contributed by atoms with Gasteiger partial charge in [-0.15, -0.1) is 0 Å². The summed E-state index contributed by atoms with van der Waals surface area (Å²) >= 11 is 0. The Morgan fingerprint density at radius 2 is 2.00 bits per heavy atom. The fourth-order valence-electron chi connectivity index (χ4n) is 2.46. The van der Waals surface area contributed by atoms with Crippen LogP contribution in [0.25, 0.3) is 0 Å². The summed E-state index contributed by atoms with van der Waals surface area (Å²) < 4.78 is 5.81. The molecule has 0 spiro atoms. The molecule has 100 valence electrons. The van der Waals surface area contributed by atoms with Crippen LogP contribution in [0, 0.1) is 6.92 Å². The van der Waals surface area contributed by atoms with E-state index in [4.69, 9.17) is 10.5 Å². The highest BCUT2D eigenvalue weighted by atomic mass is 16.5. The Kier molecular flexibility index (Phi) is 5.02. The number of piperidine rings is 1. The summed E-state index contributed by atoms with van der Waals surface area (Å²) in [6.07, 6.45) is 4.06. The van der Waals surface area contributed by atoms with E-state index < -0.39 is 0 Å². The van der Waals surface area contributed by atoms with Gasteiger partial charge in [0.05, 0.1) is 0 Å². The van der Waals surface area contributed by atoms with Crippen molar-refractivity contribution in [2.24, 2.45) is 5.73 Å². The Bertz CT molecular complexity index is 373. The van der Waals surface area contributed by atoms with Crippen LogP contribution in [0.1, 0.15) is 30.4 Å². The van der Waals surface area contributed by atoms with Gasteiger partial charge < -0.3 is 10.5 Å². The molecule has 0 amide bonds. The lowest BCUT2D eigenvalue weighted by Gasteiger charge is -2.26. The van der Waals surface area contributed by atoms with Crippen molar-refractivity contribution in [2.75, 3.05) is 26.2 Å². The van der Waals surface area contributed by atoms with E-state index in [2.05, 4.69) is 24.0 Å². The second kappa shape index (κ2) is 6.76. The van der Waals surface area contributed by atoms with Crippen molar-refractivity contribution in [3.63, 3.8) is 0 Å². The van der Waals surface area contributed by atoms with E-state index in [1.165, 1.54) is 43.5 Å². The minimum atomic E-state index is 0.597. The SMILES string of the molecule is Cc1cc(OCCN2CCCCC2)ccc1CN. The number of ether oxygens (including phenoxy) is 1. The molecule has 18 heavy (non-hydrogen) atoms. The molecule has 3 heteroatoms. The summed E-state index contributed by atoms with van der Waals surface area (Å²) in [5.74, 6) is 0.960. The van der Waals surface area contributed by atoms with Gasteiger partial charge in [0.1, 0.15) is 12.4 Å². The molecule has 2 N–H and O–H groups in total. The third-order valence-electron chi connectivity index (χ3n) is 3.66. The second-order valence-corrected chi connectivity index (χ2v) is 5.04. The number of likely N-dealkylation sites (tertiary alicyclic amines) is 1. The zero-order chi connectivity index (χ0) is 12.8. The normalized spacial score (nSPS) is 16.8. The Labute approximate surface area is 110 Å². The average Bonchev–Trinajstić information content (AvgIpc) is 2.40. The molecule has 1 fully saturated rings. The summed E-state index contributed by atoms with van der Waals surface area (Å²) in [6, 6.07) is 6.16. The fraction of sp³-hybridized carbons (Fsp3) is 0.600. The maximum Gasteiger partial charge on any atom is 0.119 e.